The van der Waals surface area contributed by atoms with Crippen molar-refractivity contribution in [2.24, 2.45) is 5.92 Å². The number of carbonyl (C=O) groups excluding carboxylic acids is 1. The van der Waals surface area contributed by atoms with E-state index >= 15 is 0 Å². The molecule has 0 amide bonds. The van der Waals surface area contributed by atoms with Crippen LogP contribution >= 0.6 is 0 Å². The molecule has 4 rings (SSSR count). The molecule has 0 fully saturated rings. The van der Waals surface area contributed by atoms with Crippen molar-refractivity contribution in [1.82, 2.24) is 0 Å². The largest absolute Gasteiger partial charge is 0.497 e. The van der Waals surface area contributed by atoms with Crippen molar-refractivity contribution in [2.45, 2.75) is 12.0 Å². The Balaban J connectivity index is 1.66. The molecular formula is C25H23NO2. The third-order valence-corrected chi connectivity index (χ3v) is 5.53. The molecule has 1 N–H and O–H groups in total. The lowest BCUT2D eigenvalue weighted by Gasteiger charge is -2.37. The van der Waals surface area contributed by atoms with Crippen LogP contribution in [0, 0.1) is 5.92 Å². The Hall–Kier alpha value is -3.33. The highest BCUT2D eigenvalue weighted by molar-refractivity contribution is 5.69. The standard InChI is InChI=1S/C25H23NO2/c1-3-21-22-6-4-5-7-24(22)26-25(23(21)16-27)19-10-8-17(9-11-19)18-12-14-20(28-2)15-13-18/h3-16,21,23,25-26H,1H2,2H3/t21-,23+,25-/m1/s1. The molecule has 3 aromatic rings. The molecule has 0 unspecified atom stereocenters. The molecule has 0 saturated heterocycles. The number of rotatable bonds is 5. The normalized spacial score (nSPS) is 20.5. The third kappa shape index (κ3) is 3.20. The fraction of sp³-hybridized carbons (Fsp3) is 0.160. The summed E-state index contributed by atoms with van der Waals surface area (Å²) in [6.45, 7) is 3.98. The number of nitrogens with one attached hydrogen (secondary N) is 1. The average Bonchev–Trinajstić information content (AvgIpc) is 2.77. The number of hydrogen-bond acceptors (Lipinski definition) is 3. The fourth-order valence-corrected chi connectivity index (χ4v) is 4.02. The van der Waals surface area contributed by atoms with Gasteiger partial charge in [-0.1, -0.05) is 60.7 Å². The van der Waals surface area contributed by atoms with Crippen LogP contribution in [0.5, 0.6) is 5.75 Å². The van der Waals surface area contributed by atoms with Crippen molar-refractivity contribution in [2.75, 3.05) is 12.4 Å². The van der Waals surface area contributed by atoms with E-state index in [1.807, 2.05) is 42.5 Å². The van der Waals surface area contributed by atoms with Crippen LogP contribution in [0.15, 0.2) is 85.5 Å². The van der Waals surface area contributed by atoms with Crippen LogP contribution in [-0.2, 0) is 4.79 Å². The molecular weight excluding hydrogens is 346 g/mol. The molecule has 1 heterocycles. The Morgan fingerprint density at radius 3 is 2.18 bits per heavy atom. The van der Waals surface area contributed by atoms with E-state index in [0.29, 0.717) is 0 Å². The van der Waals surface area contributed by atoms with Crippen molar-refractivity contribution in [1.29, 1.82) is 0 Å². The smallest absolute Gasteiger partial charge is 0.126 e. The van der Waals surface area contributed by atoms with Gasteiger partial charge in [0.1, 0.15) is 12.0 Å². The maximum absolute atomic E-state index is 12.0. The summed E-state index contributed by atoms with van der Waals surface area (Å²) in [7, 11) is 1.67. The van der Waals surface area contributed by atoms with E-state index < -0.39 is 0 Å². The minimum Gasteiger partial charge on any atom is -0.497 e. The lowest BCUT2D eigenvalue weighted by Crippen LogP contribution is -2.32. The number of aldehydes is 1. The van der Waals surface area contributed by atoms with Crippen LogP contribution in [0.4, 0.5) is 5.69 Å². The number of carbonyl (C=O) groups is 1. The molecule has 0 spiro atoms. The van der Waals surface area contributed by atoms with Crippen LogP contribution in [0.1, 0.15) is 23.1 Å². The highest BCUT2D eigenvalue weighted by Gasteiger charge is 2.35. The van der Waals surface area contributed by atoms with E-state index in [2.05, 4.69) is 48.3 Å². The van der Waals surface area contributed by atoms with E-state index in [1.165, 1.54) is 0 Å². The maximum Gasteiger partial charge on any atom is 0.126 e. The summed E-state index contributed by atoms with van der Waals surface area (Å²) >= 11 is 0. The molecule has 3 aromatic carbocycles. The second-order valence-corrected chi connectivity index (χ2v) is 7.03. The van der Waals surface area contributed by atoms with Gasteiger partial charge in [-0.05, 0) is 40.5 Å². The number of ether oxygens (including phenoxy) is 1. The van der Waals surface area contributed by atoms with Gasteiger partial charge in [-0.3, -0.25) is 0 Å². The zero-order valence-electron chi connectivity index (χ0n) is 15.8. The van der Waals surface area contributed by atoms with Crippen molar-refractivity contribution >= 4 is 12.0 Å². The number of anilines is 1. The predicted octanol–water partition coefficient (Wildman–Crippen LogP) is 5.61. The van der Waals surface area contributed by atoms with Gasteiger partial charge in [0.15, 0.2) is 0 Å². The number of benzene rings is 3. The quantitative estimate of drug-likeness (QED) is 0.469. The summed E-state index contributed by atoms with van der Waals surface area (Å²) in [4.78, 5) is 12.0. The highest BCUT2D eigenvalue weighted by atomic mass is 16.5. The number of methoxy groups -OCH3 is 1. The number of fused-ring (bicyclic) bond motifs is 1. The summed E-state index contributed by atoms with van der Waals surface area (Å²) in [5.74, 6) is 0.648. The minimum absolute atomic E-state index is 0.00112. The molecule has 0 aliphatic carbocycles. The van der Waals surface area contributed by atoms with Gasteiger partial charge in [0.25, 0.3) is 0 Å². The molecule has 0 radical (unpaired) electrons. The second-order valence-electron chi connectivity index (χ2n) is 7.03. The first-order valence-electron chi connectivity index (χ1n) is 9.43. The van der Waals surface area contributed by atoms with Gasteiger partial charge >= 0.3 is 0 Å². The van der Waals surface area contributed by atoms with Gasteiger partial charge in [0, 0.05) is 17.5 Å². The summed E-state index contributed by atoms with van der Waals surface area (Å²) in [6.07, 6.45) is 2.94. The Bertz CT molecular complexity index is 976. The molecule has 3 heteroatoms. The van der Waals surface area contributed by atoms with Crippen molar-refractivity contribution < 1.29 is 9.53 Å². The van der Waals surface area contributed by atoms with Crippen molar-refractivity contribution in [3.8, 4) is 16.9 Å². The minimum atomic E-state index is -0.195. The SMILES string of the molecule is C=C[C@@H]1c2ccccc2N[C@H](c2ccc(-c3ccc(OC)cc3)cc2)[C@H]1C=O. The first-order chi connectivity index (χ1) is 13.7. The molecule has 0 saturated carbocycles. The lowest BCUT2D eigenvalue weighted by atomic mass is 9.76. The van der Waals surface area contributed by atoms with Crippen LogP contribution in [0.3, 0.4) is 0 Å². The zero-order valence-corrected chi connectivity index (χ0v) is 15.8. The molecule has 28 heavy (non-hydrogen) atoms. The Kier molecular flexibility index (Phi) is 4.98. The van der Waals surface area contributed by atoms with Gasteiger partial charge in [0.05, 0.1) is 13.2 Å². The average molecular weight is 369 g/mol. The van der Waals surface area contributed by atoms with Crippen LogP contribution < -0.4 is 10.1 Å². The highest BCUT2D eigenvalue weighted by Crippen LogP contribution is 2.44. The van der Waals surface area contributed by atoms with Gasteiger partial charge < -0.3 is 14.8 Å². The van der Waals surface area contributed by atoms with Crippen molar-refractivity contribution in [3.63, 3.8) is 0 Å². The first kappa shape index (κ1) is 18.1. The van der Waals surface area contributed by atoms with Gasteiger partial charge in [0.2, 0.25) is 0 Å². The Morgan fingerprint density at radius 2 is 1.57 bits per heavy atom. The van der Waals surface area contributed by atoms with Crippen LogP contribution in [0.25, 0.3) is 11.1 Å². The van der Waals surface area contributed by atoms with Gasteiger partial charge in [-0.25, -0.2) is 0 Å². The number of allylic oxidation sites excluding steroid dienone is 1. The van der Waals surface area contributed by atoms with Crippen molar-refractivity contribution in [3.05, 3.63) is 96.6 Å². The number of para-hydroxylation sites is 1. The molecule has 1 aliphatic rings. The van der Waals surface area contributed by atoms with Gasteiger partial charge in [-0.15, -0.1) is 6.58 Å². The van der Waals surface area contributed by atoms with E-state index in [0.717, 1.165) is 40.0 Å². The summed E-state index contributed by atoms with van der Waals surface area (Å²) in [5, 5.41) is 3.56. The van der Waals surface area contributed by atoms with Crippen LogP contribution in [-0.4, -0.2) is 13.4 Å². The lowest BCUT2D eigenvalue weighted by molar-refractivity contribution is -0.112. The molecule has 0 bridgehead atoms. The maximum atomic E-state index is 12.0. The molecule has 0 aromatic heterocycles. The molecule has 140 valence electrons. The monoisotopic (exact) mass is 369 g/mol. The van der Waals surface area contributed by atoms with E-state index in [9.17, 15) is 4.79 Å². The Morgan fingerprint density at radius 1 is 0.929 bits per heavy atom. The summed E-state index contributed by atoms with van der Waals surface area (Å²) in [6, 6.07) is 24.5. The predicted molar refractivity (Wildman–Crippen MR) is 114 cm³/mol. The summed E-state index contributed by atoms with van der Waals surface area (Å²) < 4.78 is 5.23. The second kappa shape index (κ2) is 7.73. The number of hydrogen-bond donors (Lipinski definition) is 1. The van der Waals surface area contributed by atoms with E-state index in [-0.39, 0.29) is 17.9 Å². The van der Waals surface area contributed by atoms with E-state index in [4.69, 9.17) is 4.74 Å². The zero-order chi connectivity index (χ0) is 19.5. The molecule has 3 nitrogen and oxygen atoms in total. The van der Waals surface area contributed by atoms with Crippen LogP contribution in [0.2, 0.25) is 0 Å². The topological polar surface area (TPSA) is 38.3 Å². The first-order valence-corrected chi connectivity index (χ1v) is 9.43. The Labute approximate surface area is 165 Å². The fourth-order valence-electron chi connectivity index (χ4n) is 4.02. The molecule has 3 atom stereocenters. The third-order valence-electron chi connectivity index (χ3n) is 5.53. The molecule has 1 aliphatic heterocycles. The summed E-state index contributed by atoms with van der Waals surface area (Å²) in [5.41, 5.74) is 5.54. The van der Waals surface area contributed by atoms with Gasteiger partial charge in [-0.2, -0.15) is 0 Å². The van der Waals surface area contributed by atoms with E-state index in [1.54, 1.807) is 7.11 Å².